The maximum absolute atomic E-state index is 11.3. The van der Waals surface area contributed by atoms with Crippen molar-refractivity contribution in [2.45, 2.75) is 13.3 Å². The van der Waals surface area contributed by atoms with Gasteiger partial charge in [-0.25, -0.2) is 0 Å². The van der Waals surface area contributed by atoms with Crippen LogP contribution in [-0.2, 0) is 4.79 Å². The molecular weight excluding hydrogens is 202 g/mol. The molecule has 0 spiro atoms. The van der Waals surface area contributed by atoms with Gasteiger partial charge in [0.2, 0.25) is 0 Å². The van der Waals surface area contributed by atoms with Gasteiger partial charge in [-0.05, 0) is 18.6 Å². The van der Waals surface area contributed by atoms with Gasteiger partial charge in [0.25, 0.3) is 5.91 Å². The number of carbonyl (C=O) groups is 1. The Bertz CT molecular complexity index is 328. The zero-order valence-corrected chi connectivity index (χ0v) is 8.66. The molecule has 0 unspecified atom stereocenters. The summed E-state index contributed by atoms with van der Waals surface area (Å²) >= 11 is 5.41. The number of nitrogens with zero attached hydrogens (tertiary/aromatic N) is 1. The summed E-state index contributed by atoms with van der Waals surface area (Å²) in [6.07, 6.45) is 0.131. The van der Waals surface area contributed by atoms with Gasteiger partial charge in [0.1, 0.15) is 0 Å². The third kappa shape index (κ3) is 2.47. The topological polar surface area (TPSA) is 40.5 Å². The SMILES string of the molecule is Cc1ccccc1N(O)C(=O)CCCl. The van der Waals surface area contributed by atoms with Crippen LogP contribution in [0.3, 0.4) is 0 Å². The largest absolute Gasteiger partial charge is 0.281 e. The maximum Gasteiger partial charge on any atom is 0.251 e. The smallest absolute Gasteiger partial charge is 0.251 e. The van der Waals surface area contributed by atoms with Crippen molar-refractivity contribution >= 4 is 23.2 Å². The first-order valence-electron chi connectivity index (χ1n) is 4.30. The average Bonchev–Trinajstić information content (AvgIpc) is 2.18. The van der Waals surface area contributed by atoms with Crippen molar-refractivity contribution in [3.8, 4) is 0 Å². The van der Waals surface area contributed by atoms with Crippen molar-refractivity contribution < 1.29 is 10.0 Å². The summed E-state index contributed by atoms with van der Waals surface area (Å²) in [5.74, 6) is -0.184. The zero-order valence-electron chi connectivity index (χ0n) is 7.90. The Labute approximate surface area is 87.9 Å². The molecular formula is C10H12ClNO2. The monoisotopic (exact) mass is 213 g/mol. The fourth-order valence-electron chi connectivity index (χ4n) is 1.12. The van der Waals surface area contributed by atoms with E-state index in [1.807, 2.05) is 19.1 Å². The third-order valence-corrected chi connectivity index (χ3v) is 2.08. The molecule has 0 heterocycles. The molecule has 0 aromatic heterocycles. The second-order valence-corrected chi connectivity index (χ2v) is 3.31. The Morgan fingerprint density at radius 2 is 2.14 bits per heavy atom. The number of benzene rings is 1. The lowest BCUT2D eigenvalue weighted by Gasteiger charge is -2.16. The number of carbonyl (C=O) groups excluding carboxylic acids is 1. The zero-order chi connectivity index (χ0) is 10.6. The minimum atomic E-state index is -0.394. The average molecular weight is 214 g/mol. The molecule has 0 radical (unpaired) electrons. The van der Waals surface area contributed by atoms with Crippen LogP contribution in [0.5, 0.6) is 0 Å². The number of rotatable bonds is 3. The second kappa shape index (κ2) is 4.98. The van der Waals surface area contributed by atoms with E-state index in [1.54, 1.807) is 12.1 Å². The minimum absolute atomic E-state index is 0.131. The van der Waals surface area contributed by atoms with Gasteiger partial charge in [-0.3, -0.25) is 10.0 Å². The van der Waals surface area contributed by atoms with Gasteiger partial charge in [0.05, 0.1) is 5.69 Å². The highest BCUT2D eigenvalue weighted by molar-refractivity contribution is 6.19. The number of hydrogen-bond donors (Lipinski definition) is 1. The molecule has 4 heteroatoms. The molecule has 3 nitrogen and oxygen atoms in total. The molecule has 0 aliphatic rings. The number of halogens is 1. The minimum Gasteiger partial charge on any atom is -0.281 e. The van der Waals surface area contributed by atoms with Crippen LogP contribution in [0.25, 0.3) is 0 Å². The Morgan fingerprint density at radius 3 is 2.71 bits per heavy atom. The predicted octanol–water partition coefficient (Wildman–Crippen LogP) is 2.35. The summed E-state index contributed by atoms with van der Waals surface area (Å²) in [6, 6.07) is 7.12. The molecule has 0 fully saturated rings. The molecule has 0 bridgehead atoms. The molecule has 1 aromatic carbocycles. The standard InChI is InChI=1S/C10H12ClNO2/c1-8-4-2-3-5-9(8)12(14)10(13)6-7-11/h2-5,14H,6-7H2,1H3. The van der Waals surface area contributed by atoms with E-state index in [0.29, 0.717) is 10.8 Å². The van der Waals surface area contributed by atoms with E-state index in [0.717, 1.165) is 5.56 Å². The summed E-state index contributed by atoms with van der Waals surface area (Å²) in [4.78, 5) is 11.3. The number of para-hydroxylation sites is 1. The highest BCUT2D eigenvalue weighted by atomic mass is 35.5. The summed E-state index contributed by atoms with van der Waals surface area (Å²) in [6.45, 7) is 1.83. The van der Waals surface area contributed by atoms with Crippen LogP contribution in [-0.4, -0.2) is 17.0 Å². The molecule has 1 N–H and O–H groups in total. The predicted molar refractivity (Wildman–Crippen MR) is 55.8 cm³/mol. The van der Waals surface area contributed by atoms with E-state index < -0.39 is 5.91 Å². The summed E-state index contributed by atoms with van der Waals surface area (Å²) in [7, 11) is 0. The van der Waals surface area contributed by atoms with Gasteiger partial charge in [-0.15, -0.1) is 11.6 Å². The number of hydrogen-bond acceptors (Lipinski definition) is 2. The number of alkyl halides is 1. The van der Waals surface area contributed by atoms with E-state index in [1.165, 1.54) is 0 Å². The summed E-state index contributed by atoms with van der Waals surface area (Å²) in [5, 5.41) is 10.2. The van der Waals surface area contributed by atoms with E-state index in [-0.39, 0.29) is 12.3 Å². The van der Waals surface area contributed by atoms with Crippen LogP contribution < -0.4 is 5.06 Å². The number of amides is 1. The fourth-order valence-corrected chi connectivity index (χ4v) is 1.28. The molecule has 0 saturated heterocycles. The van der Waals surface area contributed by atoms with Crippen LogP contribution in [0, 0.1) is 6.92 Å². The van der Waals surface area contributed by atoms with Gasteiger partial charge < -0.3 is 0 Å². The normalized spacial score (nSPS) is 9.93. The Morgan fingerprint density at radius 1 is 1.50 bits per heavy atom. The number of hydroxylamine groups is 1. The van der Waals surface area contributed by atoms with Gasteiger partial charge >= 0.3 is 0 Å². The van der Waals surface area contributed by atoms with Crippen LogP contribution in [0.4, 0.5) is 5.69 Å². The van der Waals surface area contributed by atoms with E-state index in [2.05, 4.69) is 0 Å². The van der Waals surface area contributed by atoms with Crippen molar-refractivity contribution in [3.05, 3.63) is 29.8 Å². The summed E-state index contributed by atoms with van der Waals surface area (Å²) in [5.41, 5.74) is 1.35. The van der Waals surface area contributed by atoms with Crippen LogP contribution in [0.1, 0.15) is 12.0 Å². The molecule has 76 valence electrons. The van der Waals surface area contributed by atoms with E-state index in [4.69, 9.17) is 11.6 Å². The first-order chi connectivity index (χ1) is 6.66. The van der Waals surface area contributed by atoms with Crippen molar-refractivity contribution in [2.24, 2.45) is 0 Å². The Kier molecular flexibility index (Phi) is 3.92. The molecule has 1 amide bonds. The van der Waals surface area contributed by atoms with Crippen LogP contribution >= 0.6 is 11.6 Å². The molecule has 1 rings (SSSR count). The van der Waals surface area contributed by atoms with Crippen molar-refractivity contribution in [3.63, 3.8) is 0 Å². The van der Waals surface area contributed by atoms with Crippen molar-refractivity contribution in [2.75, 3.05) is 10.9 Å². The lowest BCUT2D eigenvalue weighted by atomic mass is 10.2. The molecule has 1 aromatic rings. The summed E-state index contributed by atoms with van der Waals surface area (Å²) < 4.78 is 0. The Hall–Kier alpha value is -1.06. The first kappa shape index (κ1) is 11.0. The highest BCUT2D eigenvalue weighted by Crippen LogP contribution is 2.18. The lowest BCUT2D eigenvalue weighted by molar-refractivity contribution is -0.123. The maximum atomic E-state index is 11.3. The fraction of sp³-hybridized carbons (Fsp3) is 0.300. The lowest BCUT2D eigenvalue weighted by Crippen LogP contribution is -2.27. The van der Waals surface area contributed by atoms with Gasteiger partial charge in [-0.1, -0.05) is 18.2 Å². The van der Waals surface area contributed by atoms with E-state index in [9.17, 15) is 10.0 Å². The van der Waals surface area contributed by atoms with Crippen molar-refractivity contribution in [1.82, 2.24) is 0 Å². The molecule has 0 aliphatic heterocycles. The molecule has 0 aliphatic carbocycles. The first-order valence-corrected chi connectivity index (χ1v) is 4.83. The molecule has 0 atom stereocenters. The van der Waals surface area contributed by atoms with Crippen molar-refractivity contribution in [1.29, 1.82) is 0 Å². The van der Waals surface area contributed by atoms with E-state index >= 15 is 0 Å². The van der Waals surface area contributed by atoms with Gasteiger partial charge in [0, 0.05) is 12.3 Å². The highest BCUT2D eigenvalue weighted by Gasteiger charge is 2.13. The molecule has 0 saturated carbocycles. The number of aryl methyl sites for hydroxylation is 1. The van der Waals surface area contributed by atoms with Crippen LogP contribution in [0.15, 0.2) is 24.3 Å². The molecule has 14 heavy (non-hydrogen) atoms. The van der Waals surface area contributed by atoms with Crippen LogP contribution in [0.2, 0.25) is 0 Å². The quantitative estimate of drug-likeness (QED) is 0.476. The van der Waals surface area contributed by atoms with Gasteiger partial charge in [0.15, 0.2) is 0 Å². The van der Waals surface area contributed by atoms with Gasteiger partial charge in [-0.2, -0.15) is 5.06 Å². The second-order valence-electron chi connectivity index (χ2n) is 2.93. The third-order valence-electron chi connectivity index (χ3n) is 1.89. The number of anilines is 1. The Balaban J connectivity index is 2.84.